The fourth-order valence-electron chi connectivity index (χ4n) is 1.74. The van der Waals surface area contributed by atoms with Gasteiger partial charge in [-0.25, -0.2) is 4.39 Å². The van der Waals surface area contributed by atoms with Crippen molar-refractivity contribution in [3.8, 4) is 5.75 Å². The number of ether oxygens (including phenoxy) is 1. The average molecular weight is 304 g/mol. The summed E-state index contributed by atoms with van der Waals surface area (Å²) in [5, 5.41) is 6.46. The number of hydrogen-bond donors (Lipinski definition) is 2. The lowest BCUT2D eigenvalue weighted by atomic mass is 10.3. The molecule has 2 rings (SSSR count). The highest BCUT2D eigenvalue weighted by Crippen LogP contribution is 2.10. The molecule has 2 aromatic carbocycles. The van der Waals surface area contributed by atoms with Gasteiger partial charge in [-0.3, -0.25) is 0 Å². The summed E-state index contributed by atoms with van der Waals surface area (Å²) in [6.45, 7) is 2.44. The molecule has 0 radical (unpaired) electrons. The Morgan fingerprint density at radius 1 is 1.19 bits per heavy atom. The Balaban J connectivity index is 1.77. The van der Waals surface area contributed by atoms with Crippen LogP contribution in [0.4, 0.5) is 10.1 Å². The molecule has 0 saturated carbocycles. The summed E-state index contributed by atoms with van der Waals surface area (Å²) in [5.74, 6) is 0.512. The summed E-state index contributed by atoms with van der Waals surface area (Å²) in [6, 6.07) is 15.8. The first-order valence-electron chi connectivity index (χ1n) is 6.64. The maximum absolute atomic E-state index is 13.1. The molecule has 0 unspecified atom stereocenters. The van der Waals surface area contributed by atoms with E-state index >= 15 is 0 Å². The summed E-state index contributed by atoms with van der Waals surface area (Å²) in [4.78, 5) is 0. The Morgan fingerprint density at radius 2 is 1.95 bits per heavy atom. The lowest BCUT2D eigenvalue weighted by Crippen LogP contribution is -2.39. The van der Waals surface area contributed by atoms with E-state index in [-0.39, 0.29) is 11.9 Å². The predicted octanol–water partition coefficient (Wildman–Crippen LogP) is 3.58. The van der Waals surface area contributed by atoms with Crippen molar-refractivity contribution in [2.24, 2.45) is 0 Å². The van der Waals surface area contributed by atoms with E-state index in [1.54, 1.807) is 12.1 Å². The molecular formula is C16H17FN2OS. The van der Waals surface area contributed by atoms with E-state index < -0.39 is 0 Å². The Bertz CT molecular complexity index is 592. The first-order chi connectivity index (χ1) is 10.1. The summed E-state index contributed by atoms with van der Waals surface area (Å²) in [5.41, 5.74) is 0.615. The quantitative estimate of drug-likeness (QED) is 0.827. The summed E-state index contributed by atoms with van der Waals surface area (Å²) >= 11 is 5.19. The number of nitrogens with one attached hydrogen (secondary N) is 2. The van der Waals surface area contributed by atoms with Crippen LogP contribution in [-0.4, -0.2) is 17.8 Å². The van der Waals surface area contributed by atoms with E-state index in [9.17, 15) is 4.39 Å². The van der Waals surface area contributed by atoms with Crippen LogP contribution in [0.25, 0.3) is 0 Å². The number of anilines is 1. The van der Waals surface area contributed by atoms with Gasteiger partial charge in [-0.1, -0.05) is 24.3 Å². The molecule has 0 aliphatic carbocycles. The van der Waals surface area contributed by atoms with Gasteiger partial charge in [0.2, 0.25) is 0 Å². The summed E-state index contributed by atoms with van der Waals surface area (Å²) < 4.78 is 18.7. The van der Waals surface area contributed by atoms with Gasteiger partial charge in [0.1, 0.15) is 18.2 Å². The van der Waals surface area contributed by atoms with Crippen LogP contribution in [-0.2, 0) is 0 Å². The number of thiocarbonyl (C=S) groups is 1. The second kappa shape index (κ2) is 7.59. The van der Waals surface area contributed by atoms with Gasteiger partial charge in [-0.2, -0.15) is 0 Å². The van der Waals surface area contributed by atoms with E-state index in [1.165, 1.54) is 12.1 Å². The van der Waals surface area contributed by atoms with Gasteiger partial charge in [0, 0.05) is 5.69 Å². The first kappa shape index (κ1) is 15.3. The molecule has 110 valence electrons. The molecule has 0 heterocycles. The van der Waals surface area contributed by atoms with Gasteiger partial charge in [0.15, 0.2) is 5.11 Å². The van der Waals surface area contributed by atoms with Gasteiger partial charge in [0.25, 0.3) is 0 Å². The van der Waals surface area contributed by atoms with Gasteiger partial charge in [0.05, 0.1) is 6.04 Å². The minimum Gasteiger partial charge on any atom is -0.491 e. The molecule has 5 heteroatoms. The van der Waals surface area contributed by atoms with Crippen LogP contribution in [0.2, 0.25) is 0 Å². The molecule has 0 bridgehead atoms. The van der Waals surface area contributed by atoms with Crippen molar-refractivity contribution in [1.82, 2.24) is 5.32 Å². The van der Waals surface area contributed by atoms with Gasteiger partial charge >= 0.3 is 0 Å². The largest absolute Gasteiger partial charge is 0.491 e. The van der Waals surface area contributed by atoms with Crippen molar-refractivity contribution in [3.63, 3.8) is 0 Å². The third kappa shape index (κ3) is 5.39. The van der Waals surface area contributed by atoms with Crippen LogP contribution in [0.5, 0.6) is 5.75 Å². The third-order valence-corrected chi connectivity index (χ3v) is 2.92. The molecular weight excluding hydrogens is 287 g/mol. The fraction of sp³-hybridized carbons (Fsp3) is 0.188. The molecule has 0 saturated heterocycles. The van der Waals surface area contributed by atoms with Crippen molar-refractivity contribution in [3.05, 3.63) is 60.4 Å². The van der Waals surface area contributed by atoms with Crippen LogP contribution >= 0.6 is 12.2 Å². The minimum absolute atomic E-state index is 0.0266. The van der Waals surface area contributed by atoms with E-state index in [0.29, 0.717) is 17.4 Å². The molecule has 0 spiro atoms. The smallest absolute Gasteiger partial charge is 0.171 e. The van der Waals surface area contributed by atoms with E-state index in [1.807, 2.05) is 37.3 Å². The zero-order chi connectivity index (χ0) is 15.1. The Morgan fingerprint density at radius 3 is 2.67 bits per heavy atom. The first-order valence-corrected chi connectivity index (χ1v) is 7.05. The molecule has 3 nitrogen and oxygen atoms in total. The van der Waals surface area contributed by atoms with Crippen LogP contribution < -0.4 is 15.4 Å². The Labute approximate surface area is 129 Å². The normalized spacial score (nSPS) is 11.5. The highest BCUT2D eigenvalue weighted by molar-refractivity contribution is 7.80. The van der Waals surface area contributed by atoms with Gasteiger partial charge in [-0.15, -0.1) is 0 Å². The molecule has 0 amide bonds. The molecule has 1 atom stereocenters. The summed E-state index contributed by atoms with van der Waals surface area (Å²) in [6.07, 6.45) is 0. The average Bonchev–Trinajstić information content (AvgIpc) is 2.46. The summed E-state index contributed by atoms with van der Waals surface area (Å²) in [7, 11) is 0. The van der Waals surface area contributed by atoms with Crippen molar-refractivity contribution in [2.75, 3.05) is 11.9 Å². The zero-order valence-electron chi connectivity index (χ0n) is 11.7. The van der Waals surface area contributed by atoms with Crippen molar-refractivity contribution in [1.29, 1.82) is 0 Å². The molecule has 0 aliphatic rings. The van der Waals surface area contributed by atoms with Gasteiger partial charge in [-0.05, 0) is 49.5 Å². The third-order valence-electron chi connectivity index (χ3n) is 2.70. The number of halogens is 1. The maximum atomic E-state index is 13.1. The van der Waals surface area contributed by atoms with Crippen molar-refractivity contribution in [2.45, 2.75) is 13.0 Å². The Hall–Kier alpha value is -2.14. The molecule has 0 aromatic heterocycles. The minimum atomic E-state index is -0.303. The highest BCUT2D eigenvalue weighted by atomic mass is 32.1. The van der Waals surface area contributed by atoms with Gasteiger partial charge < -0.3 is 15.4 Å². The zero-order valence-corrected chi connectivity index (χ0v) is 12.5. The van der Waals surface area contributed by atoms with Crippen molar-refractivity contribution < 1.29 is 9.13 Å². The number of rotatable bonds is 5. The highest BCUT2D eigenvalue weighted by Gasteiger charge is 2.06. The van der Waals surface area contributed by atoms with E-state index in [4.69, 9.17) is 17.0 Å². The van der Waals surface area contributed by atoms with Crippen molar-refractivity contribution >= 4 is 23.0 Å². The lowest BCUT2D eigenvalue weighted by Gasteiger charge is -2.17. The SMILES string of the molecule is C[C@@H](COc1ccccc1)NC(=S)Nc1cccc(F)c1. The Kier molecular flexibility index (Phi) is 5.51. The fourth-order valence-corrected chi connectivity index (χ4v) is 2.06. The lowest BCUT2D eigenvalue weighted by molar-refractivity contribution is 0.287. The standard InChI is InChI=1S/C16H17FN2OS/c1-12(11-20-15-8-3-2-4-9-15)18-16(21)19-14-7-5-6-13(17)10-14/h2-10,12H,11H2,1H3,(H2,18,19,21)/t12-/m0/s1. The molecule has 2 aromatic rings. The van der Waals surface area contributed by atoms with E-state index in [2.05, 4.69) is 10.6 Å². The molecule has 0 fully saturated rings. The predicted molar refractivity (Wildman–Crippen MR) is 87.2 cm³/mol. The van der Waals surface area contributed by atoms with Crippen LogP contribution in [0, 0.1) is 5.82 Å². The van der Waals surface area contributed by atoms with E-state index in [0.717, 1.165) is 5.75 Å². The monoisotopic (exact) mass is 304 g/mol. The topological polar surface area (TPSA) is 33.3 Å². The molecule has 2 N–H and O–H groups in total. The number of hydrogen-bond acceptors (Lipinski definition) is 2. The van der Waals surface area contributed by atoms with Crippen LogP contribution in [0.15, 0.2) is 54.6 Å². The number of benzene rings is 2. The second-order valence-corrected chi connectivity index (χ2v) is 5.04. The second-order valence-electron chi connectivity index (χ2n) is 4.63. The van der Waals surface area contributed by atoms with Crippen LogP contribution in [0.1, 0.15) is 6.92 Å². The molecule has 0 aliphatic heterocycles. The molecule has 21 heavy (non-hydrogen) atoms. The maximum Gasteiger partial charge on any atom is 0.171 e. The van der Waals surface area contributed by atoms with Crippen LogP contribution in [0.3, 0.4) is 0 Å². The number of para-hydroxylation sites is 1.